The number of hydrogen-bond donors (Lipinski definition) is 2. The zero-order chi connectivity index (χ0) is 20.9. The minimum atomic E-state index is -4.52. The molecule has 5 rings (SSSR count). The first-order chi connectivity index (χ1) is 14.4. The molecular formula is C21H22F3N5O. The third-order valence-electron chi connectivity index (χ3n) is 6.21. The molecule has 0 saturated carbocycles. The number of alkyl halides is 3. The summed E-state index contributed by atoms with van der Waals surface area (Å²) >= 11 is 0. The Morgan fingerprint density at radius 2 is 1.93 bits per heavy atom. The van der Waals surface area contributed by atoms with Gasteiger partial charge in [0.15, 0.2) is 0 Å². The van der Waals surface area contributed by atoms with E-state index in [-0.39, 0.29) is 11.6 Å². The van der Waals surface area contributed by atoms with Gasteiger partial charge in [0.2, 0.25) is 5.95 Å². The summed E-state index contributed by atoms with van der Waals surface area (Å²) in [5, 5.41) is 22.3. The summed E-state index contributed by atoms with van der Waals surface area (Å²) < 4.78 is 40.6. The van der Waals surface area contributed by atoms with E-state index in [0.717, 1.165) is 38.1 Å². The van der Waals surface area contributed by atoms with Gasteiger partial charge in [0.1, 0.15) is 11.4 Å². The molecule has 2 fully saturated rings. The highest BCUT2D eigenvalue weighted by Gasteiger charge is 2.36. The maximum Gasteiger partial charge on any atom is 0.416 e. The van der Waals surface area contributed by atoms with Crippen LogP contribution < -0.4 is 5.32 Å². The summed E-state index contributed by atoms with van der Waals surface area (Å²) in [4.78, 5) is 2.52. The number of phenolic OH excluding ortho intramolecular Hbond substituents is 1. The van der Waals surface area contributed by atoms with E-state index < -0.39 is 17.5 Å². The molecule has 30 heavy (non-hydrogen) atoms. The number of benzene rings is 1. The van der Waals surface area contributed by atoms with E-state index in [1.807, 2.05) is 22.7 Å². The molecule has 1 aromatic carbocycles. The molecular weight excluding hydrogens is 395 g/mol. The molecule has 2 saturated heterocycles. The van der Waals surface area contributed by atoms with Crippen LogP contribution in [0.3, 0.4) is 0 Å². The lowest BCUT2D eigenvalue weighted by atomic mass is 9.99. The number of phenols is 1. The Balaban J connectivity index is 1.48. The van der Waals surface area contributed by atoms with Gasteiger partial charge in [0, 0.05) is 30.4 Å². The maximum absolute atomic E-state index is 12.9. The first kappa shape index (κ1) is 19.2. The molecule has 2 aromatic heterocycles. The fraction of sp³-hybridized carbons (Fsp3) is 0.429. The van der Waals surface area contributed by atoms with Crippen molar-refractivity contribution in [3.63, 3.8) is 0 Å². The van der Waals surface area contributed by atoms with Crippen LogP contribution in [0.15, 0.2) is 36.5 Å². The molecule has 0 unspecified atom stereocenters. The minimum absolute atomic E-state index is 0.213. The molecule has 0 bridgehead atoms. The van der Waals surface area contributed by atoms with Gasteiger partial charge >= 0.3 is 6.18 Å². The molecule has 0 amide bonds. The predicted molar refractivity (Wildman–Crippen MR) is 106 cm³/mol. The number of piperidine rings is 1. The summed E-state index contributed by atoms with van der Waals surface area (Å²) in [7, 11) is 0. The summed E-state index contributed by atoms with van der Waals surface area (Å²) in [6.07, 6.45) is 2.00. The van der Waals surface area contributed by atoms with Crippen molar-refractivity contribution in [2.75, 3.05) is 18.4 Å². The average molecular weight is 417 g/mol. The molecule has 2 aliphatic rings. The first-order valence-electron chi connectivity index (χ1n) is 10.2. The van der Waals surface area contributed by atoms with Crippen LogP contribution in [0.4, 0.5) is 19.1 Å². The van der Waals surface area contributed by atoms with Crippen molar-refractivity contribution in [2.45, 2.75) is 43.9 Å². The van der Waals surface area contributed by atoms with E-state index in [9.17, 15) is 18.3 Å². The molecule has 2 N–H and O–H groups in total. The number of fused-ring (bicyclic) bond motifs is 2. The van der Waals surface area contributed by atoms with Crippen molar-refractivity contribution in [3.05, 3.63) is 42.1 Å². The number of halogens is 3. The van der Waals surface area contributed by atoms with Crippen LogP contribution in [0.2, 0.25) is 0 Å². The summed E-state index contributed by atoms with van der Waals surface area (Å²) in [5.74, 6) is 0.124. The second-order valence-electron chi connectivity index (χ2n) is 8.00. The third-order valence-corrected chi connectivity index (χ3v) is 6.21. The number of hydrogen-bond acceptors (Lipinski definition) is 5. The van der Waals surface area contributed by atoms with Crippen molar-refractivity contribution in [1.82, 2.24) is 19.5 Å². The fourth-order valence-electron chi connectivity index (χ4n) is 4.74. The highest BCUT2D eigenvalue weighted by Crippen LogP contribution is 2.37. The molecule has 2 aliphatic heterocycles. The SMILES string of the molecule is Oc1cc(C(F)(F)F)ccc1-c1nnc(N[C@H]2CCN3CCCC[C@@H]23)n2cccc12. The molecule has 4 heterocycles. The molecule has 6 nitrogen and oxygen atoms in total. The van der Waals surface area contributed by atoms with Crippen molar-refractivity contribution < 1.29 is 18.3 Å². The van der Waals surface area contributed by atoms with Gasteiger partial charge in [0.05, 0.1) is 11.1 Å². The van der Waals surface area contributed by atoms with Crippen LogP contribution >= 0.6 is 0 Å². The Kier molecular flexibility index (Phi) is 4.57. The smallest absolute Gasteiger partial charge is 0.416 e. The molecule has 2 atom stereocenters. The molecule has 3 aromatic rings. The van der Waals surface area contributed by atoms with Crippen LogP contribution in [0.5, 0.6) is 5.75 Å². The van der Waals surface area contributed by atoms with E-state index in [0.29, 0.717) is 23.2 Å². The summed E-state index contributed by atoms with van der Waals surface area (Å²) in [5.41, 5.74) is 0.313. The quantitative estimate of drug-likeness (QED) is 0.670. The lowest BCUT2D eigenvalue weighted by Crippen LogP contribution is -2.42. The Labute approximate surface area is 171 Å². The lowest BCUT2D eigenvalue weighted by Gasteiger charge is -2.32. The van der Waals surface area contributed by atoms with Gasteiger partial charge in [-0.1, -0.05) is 6.42 Å². The number of aromatic hydroxyl groups is 1. The highest BCUT2D eigenvalue weighted by molar-refractivity contribution is 5.81. The topological polar surface area (TPSA) is 65.7 Å². The highest BCUT2D eigenvalue weighted by atomic mass is 19.4. The average Bonchev–Trinajstić information content (AvgIpc) is 3.36. The van der Waals surface area contributed by atoms with Crippen molar-refractivity contribution in [1.29, 1.82) is 0 Å². The van der Waals surface area contributed by atoms with Crippen molar-refractivity contribution in [2.24, 2.45) is 0 Å². The Hall–Kier alpha value is -2.81. The van der Waals surface area contributed by atoms with Crippen LogP contribution in [-0.2, 0) is 6.18 Å². The Morgan fingerprint density at radius 3 is 2.73 bits per heavy atom. The monoisotopic (exact) mass is 417 g/mol. The molecule has 158 valence electrons. The third kappa shape index (κ3) is 3.27. The van der Waals surface area contributed by atoms with E-state index in [2.05, 4.69) is 20.4 Å². The van der Waals surface area contributed by atoms with Gasteiger partial charge in [-0.25, -0.2) is 0 Å². The molecule has 0 spiro atoms. The predicted octanol–water partition coefficient (Wildman–Crippen LogP) is 4.16. The van der Waals surface area contributed by atoms with Crippen molar-refractivity contribution >= 4 is 11.5 Å². The molecule has 0 radical (unpaired) electrons. The number of anilines is 1. The largest absolute Gasteiger partial charge is 0.507 e. The van der Waals surface area contributed by atoms with Gasteiger partial charge in [-0.05, 0) is 56.1 Å². The zero-order valence-corrected chi connectivity index (χ0v) is 16.2. The number of aromatic nitrogens is 3. The van der Waals surface area contributed by atoms with E-state index in [1.165, 1.54) is 18.9 Å². The number of nitrogens with one attached hydrogen (secondary N) is 1. The van der Waals surface area contributed by atoms with Crippen LogP contribution in [-0.4, -0.2) is 49.8 Å². The maximum atomic E-state index is 12.9. The van der Waals surface area contributed by atoms with E-state index in [1.54, 1.807) is 0 Å². The van der Waals surface area contributed by atoms with Gasteiger partial charge in [-0.2, -0.15) is 13.2 Å². The zero-order valence-electron chi connectivity index (χ0n) is 16.2. The van der Waals surface area contributed by atoms with Gasteiger partial charge < -0.3 is 10.4 Å². The van der Waals surface area contributed by atoms with Gasteiger partial charge in [0.25, 0.3) is 0 Å². The summed E-state index contributed by atoms with van der Waals surface area (Å²) in [6.45, 7) is 2.21. The Morgan fingerprint density at radius 1 is 1.07 bits per heavy atom. The fourth-order valence-corrected chi connectivity index (χ4v) is 4.74. The standard InChI is InChI=1S/C21H22F3N5O/c22-21(23,24)13-6-7-14(18(30)12-13)19-17-5-3-10-29(17)20(27-26-19)25-15-8-11-28-9-2-1-4-16(15)28/h3,5-7,10,12,15-16,30H,1-2,4,8-9,11H2,(H,25,27)/t15-,16-/m0/s1. The second-order valence-corrected chi connectivity index (χ2v) is 8.00. The van der Waals surface area contributed by atoms with E-state index >= 15 is 0 Å². The van der Waals surface area contributed by atoms with Gasteiger partial charge in [-0.3, -0.25) is 9.30 Å². The normalized spacial score (nSPS) is 22.4. The van der Waals surface area contributed by atoms with Crippen molar-refractivity contribution in [3.8, 4) is 17.0 Å². The second kappa shape index (κ2) is 7.16. The van der Waals surface area contributed by atoms with Crippen LogP contribution in [0.25, 0.3) is 16.8 Å². The number of nitrogens with zero attached hydrogens (tertiary/aromatic N) is 4. The first-order valence-corrected chi connectivity index (χ1v) is 10.2. The van der Waals surface area contributed by atoms with E-state index in [4.69, 9.17) is 0 Å². The van der Waals surface area contributed by atoms with Crippen LogP contribution in [0.1, 0.15) is 31.2 Å². The van der Waals surface area contributed by atoms with Crippen LogP contribution in [0, 0.1) is 0 Å². The molecule has 0 aliphatic carbocycles. The molecule has 9 heteroatoms. The number of rotatable bonds is 3. The Bertz CT molecular complexity index is 1080. The minimum Gasteiger partial charge on any atom is -0.507 e. The lowest BCUT2D eigenvalue weighted by molar-refractivity contribution is -0.137. The van der Waals surface area contributed by atoms with Gasteiger partial charge in [-0.15, -0.1) is 10.2 Å². The summed E-state index contributed by atoms with van der Waals surface area (Å²) in [6, 6.07) is 7.32.